The smallest absolute Gasteiger partial charge is 0.167 e. The van der Waals surface area contributed by atoms with Crippen LogP contribution in [0.25, 0.3) is 11.0 Å². The van der Waals surface area contributed by atoms with E-state index in [0.29, 0.717) is 23.0 Å². The quantitative estimate of drug-likeness (QED) is 0.780. The third-order valence-electron chi connectivity index (χ3n) is 3.79. The fraction of sp³-hybridized carbons (Fsp3) is 0.333. The summed E-state index contributed by atoms with van der Waals surface area (Å²) < 4.78 is 5.55. The van der Waals surface area contributed by atoms with E-state index in [-0.39, 0.29) is 35.1 Å². The standard InChI is InChI=1S/C15H14O5/c1-7(16)8-5-9-12(6-11(8)18)20-14-13(9)10(17)3-4-15(14,2)19/h5-6,18-19H,3-4H2,1-2H3/t15-/m1/s1. The van der Waals surface area contributed by atoms with Gasteiger partial charge in [-0.15, -0.1) is 0 Å². The SMILES string of the molecule is CC(=O)c1cc2c3c(oc2cc1O)[C@](C)(O)CCC3=O. The average molecular weight is 274 g/mol. The van der Waals surface area contributed by atoms with Gasteiger partial charge >= 0.3 is 0 Å². The largest absolute Gasteiger partial charge is 0.507 e. The molecule has 1 aromatic carbocycles. The molecule has 5 heteroatoms. The Bertz CT molecular complexity index is 751. The molecule has 1 aromatic heterocycles. The molecule has 1 atom stereocenters. The van der Waals surface area contributed by atoms with E-state index in [1.807, 2.05) is 0 Å². The zero-order chi connectivity index (χ0) is 14.7. The maximum atomic E-state index is 12.1. The van der Waals surface area contributed by atoms with Crippen molar-refractivity contribution in [1.82, 2.24) is 0 Å². The number of hydrogen-bond acceptors (Lipinski definition) is 5. The molecule has 0 unspecified atom stereocenters. The molecule has 0 saturated heterocycles. The number of rotatable bonds is 1. The number of benzene rings is 1. The van der Waals surface area contributed by atoms with Gasteiger partial charge in [0.15, 0.2) is 11.6 Å². The first-order valence-corrected chi connectivity index (χ1v) is 6.38. The highest BCUT2D eigenvalue weighted by Gasteiger charge is 2.39. The molecule has 104 valence electrons. The number of carbonyl (C=O) groups excluding carboxylic acids is 2. The zero-order valence-electron chi connectivity index (χ0n) is 11.2. The van der Waals surface area contributed by atoms with E-state index in [2.05, 4.69) is 0 Å². The van der Waals surface area contributed by atoms with Crippen molar-refractivity contribution in [1.29, 1.82) is 0 Å². The Morgan fingerprint density at radius 1 is 1.40 bits per heavy atom. The molecule has 0 radical (unpaired) electrons. The highest BCUT2D eigenvalue weighted by Crippen LogP contribution is 2.42. The minimum absolute atomic E-state index is 0.120. The Morgan fingerprint density at radius 3 is 2.75 bits per heavy atom. The summed E-state index contributed by atoms with van der Waals surface area (Å²) >= 11 is 0. The van der Waals surface area contributed by atoms with Gasteiger partial charge in [0.2, 0.25) is 0 Å². The number of aromatic hydroxyl groups is 1. The minimum atomic E-state index is -1.21. The highest BCUT2D eigenvalue weighted by molar-refractivity contribution is 6.11. The van der Waals surface area contributed by atoms with Crippen molar-refractivity contribution in [2.75, 3.05) is 0 Å². The molecule has 3 rings (SSSR count). The molecule has 0 fully saturated rings. The van der Waals surface area contributed by atoms with Crippen molar-refractivity contribution in [3.63, 3.8) is 0 Å². The fourth-order valence-electron chi connectivity index (χ4n) is 2.67. The van der Waals surface area contributed by atoms with Crippen LogP contribution in [0.2, 0.25) is 0 Å². The lowest BCUT2D eigenvalue weighted by Gasteiger charge is -2.25. The van der Waals surface area contributed by atoms with Crippen LogP contribution in [-0.2, 0) is 5.60 Å². The maximum Gasteiger partial charge on any atom is 0.167 e. The summed E-state index contributed by atoms with van der Waals surface area (Å²) in [5.41, 5.74) is -0.459. The topological polar surface area (TPSA) is 87.7 Å². The first-order valence-electron chi connectivity index (χ1n) is 6.38. The fourth-order valence-corrected chi connectivity index (χ4v) is 2.67. The first-order chi connectivity index (χ1) is 9.31. The van der Waals surface area contributed by atoms with Crippen LogP contribution in [-0.4, -0.2) is 21.8 Å². The average Bonchev–Trinajstić information content (AvgIpc) is 2.73. The van der Waals surface area contributed by atoms with Gasteiger partial charge in [-0.3, -0.25) is 9.59 Å². The number of hydrogen-bond donors (Lipinski definition) is 2. The Morgan fingerprint density at radius 2 is 2.10 bits per heavy atom. The summed E-state index contributed by atoms with van der Waals surface area (Å²) in [5, 5.41) is 20.6. The molecule has 0 bridgehead atoms. The van der Waals surface area contributed by atoms with Crippen LogP contribution in [0.4, 0.5) is 0 Å². The predicted octanol–water partition coefficient (Wildman–Crippen LogP) is 2.53. The second kappa shape index (κ2) is 3.93. The van der Waals surface area contributed by atoms with Crippen LogP contribution in [0.5, 0.6) is 5.75 Å². The second-order valence-electron chi connectivity index (χ2n) is 5.42. The Hall–Kier alpha value is -2.14. The van der Waals surface area contributed by atoms with Crippen molar-refractivity contribution in [3.05, 3.63) is 29.0 Å². The maximum absolute atomic E-state index is 12.1. The van der Waals surface area contributed by atoms with Gasteiger partial charge in [-0.1, -0.05) is 0 Å². The summed E-state index contributed by atoms with van der Waals surface area (Å²) in [4.78, 5) is 23.6. The van der Waals surface area contributed by atoms with Crippen LogP contribution in [0.3, 0.4) is 0 Å². The molecule has 0 aliphatic heterocycles. The van der Waals surface area contributed by atoms with Gasteiger partial charge in [-0.2, -0.15) is 0 Å². The first kappa shape index (κ1) is 12.9. The number of carbonyl (C=O) groups is 2. The molecule has 0 amide bonds. The van der Waals surface area contributed by atoms with Crippen LogP contribution < -0.4 is 0 Å². The normalized spacial score (nSPS) is 22.1. The molecule has 0 saturated carbocycles. The van der Waals surface area contributed by atoms with Gasteiger partial charge < -0.3 is 14.6 Å². The van der Waals surface area contributed by atoms with E-state index in [9.17, 15) is 19.8 Å². The molecule has 2 N–H and O–H groups in total. The molecule has 1 aliphatic rings. The van der Waals surface area contributed by atoms with E-state index >= 15 is 0 Å². The van der Waals surface area contributed by atoms with E-state index in [4.69, 9.17) is 4.42 Å². The van der Waals surface area contributed by atoms with E-state index < -0.39 is 5.60 Å². The van der Waals surface area contributed by atoms with E-state index in [1.165, 1.54) is 19.1 Å². The predicted molar refractivity (Wildman–Crippen MR) is 71.0 cm³/mol. The van der Waals surface area contributed by atoms with Gasteiger partial charge in [0, 0.05) is 17.9 Å². The lowest BCUT2D eigenvalue weighted by atomic mass is 9.84. The van der Waals surface area contributed by atoms with Crippen LogP contribution in [0.15, 0.2) is 16.5 Å². The molecule has 5 nitrogen and oxygen atoms in total. The second-order valence-corrected chi connectivity index (χ2v) is 5.42. The van der Waals surface area contributed by atoms with Gasteiger partial charge in [0.1, 0.15) is 22.7 Å². The van der Waals surface area contributed by atoms with E-state index in [0.717, 1.165) is 0 Å². The van der Waals surface area contributed by atoms with Crippen molar-refractivity contribution in [3.8, 4) is 5.75 Å². The molecular weight excluding hydrogens is 260 g/mol. The molecule has 0 spiro atoms. The van der Waals surface area contributed by atoms with Crippen molar-refractivity contribution < 1.29 is 24.2 Å². The third kappa shape index (κ3) is 1.67. The highest BCUT2D eigenvalue weighted by atomic mass is 16.4. The Labute approximate surface area is 114 Å². The number of ketones is 2. The summed E-state index contributed by atoms with van der Waals surface area (Å²) in [7, 11) is 0. The lowest BCUT2D eigenvalue weighted by Crippen LogP contribution is -2.28. The van der Waals surface area contributed by atoms with Crippen LogP contribution in [0.1, 0.15) is 53.2 Å². The number of phenolic OH excluding ortho intramolecular Hbond substituents is 1. The van der Waals surface area contributed by atoms with E-state index in [1.54, 1.807) is 6.92 Å². The van der Waals surface area contributed by atoms with Crippen LogP contribution >= 0.6 is 0 Å². The Kier molecular flexibility index (Phi) is 2.53. The molecular formula is C15H14O5. The number of fused-ring (bicyclic) bond motifs is 3. The summed E-state index contributed by atoms with van der Waals surface area (Å²) in [6.45, 7) is 2.93. The third-order valence-corrected chi connectivity index (χ3v) is 3.79. The molecule has 20 heavy (non-hydrogen) atoms. The van der Waals surface area contributed by atoms with Gasteiger partial charge in [0.25, 0.3) is 0 Å². The minimum Gasteiger partial charge on any atom is -0.507 e. The molecule has 2 aromatic rings. The number of Topliss-reactive ketones (excluding diaryl/α,β-unsaturated/α-hetero) is 2. The summed E-state index contributed by atoms with van der Waals surface area (Å²) in [6.07, 6.45) is 0.523. The van der Waals surface area contributed by atoms with Gasteiger partial charge in [-0.05, 0) is 26.3 Å². The lowest BCUT2D eigenvalue weighted by molar-refractivity contribution is 0.0177. The van der Waals surface area contributed by atoms with Crippen LogP contribution in [0, 0.1) is 0 Å². The van der Waals surface area contributed by atoms with Crippen molar-refractivity contribution in [2.24, 2.45) is 0 Å². The molecule has 1 heterocycles. The summed E-state index contributed by atoms with van der Waals surface area (Å²) in [5.74, 6) is -0.396. The monoisotopic (exact) mass is 274 g/mol. The zero-order valence-corrected chi connectivity index (χ0v) is 11.2. The van der Waals surface area contributed by atoms with Gasteiger partial charge in [0.05, 0.1) is 11.1 Å². The number of furan rings is 1. The van der Waals surface area contributed by atoms with Crippen molar-refractivity contribution >= 4 is 22.5 Å². The molecule has 1 aliphatic carbocycles. The number of aliphatic hydroxyl groups is 1. The number of phenols is 1. The van der Waals surface area contributed by atoms with Crippen molar-refractivity contribution in [2.45, 2.75) is 32.3 Å². The van der Waals surface area contributed by atoms with Gasteiger partial charge in [-0.25, -0.2) is 0 Å². The Balaban J connectivity index is 2.39. The summed E-state index contributed by atoms with van der Waals surface area (Å²) in [6, 6.07) is 2.77.